The van der Waals surface area contributed by atoms with Crippen LogP contribution in [0.25, 0.3) is 0 Å². The number of nitrogens with one attached hydrogen (secondary N) is 1. The number of sulfonamides is 1. The Bertz CT molecular complexity index is 1060. The highest BCUT2D eigenvalue weighted by Gasteiger charge is 2.32. The highest BCUT2D eigenvalue weighted by Crippen LogP contribution is 2.31. The predicted molar refractivity (Wildman–Crippen MR) is 130 cm³/mol. The van der Waals surface area contributed by atoms with Crippen molar-refractivity contribution < 1.29 is 27.4 Å². The molecule has 34 heavy (non-hydrogen) atoms. The Hall–Kier alpha value is -2.78. The molecule has 1 fully saturated rings. The first-order chi connectivity index (χ1) is 16.3. The van der Waals surface area contributed by atoms with Gasteiger partial charge in [-0.1, -0.05) is 13.0 Å². The highest BCUT2D eigenvalue weighted by atomic mass is 32.2. The summed E-state index contributed by atoms with van der Waals surface area (Å²) >= 11 is 0. The van der Waals surface area contributed by atoms with Gasteiger partial charge >= 0.3 is 0 Å². The molecule has 1 aliphatic rings. The summed E-state index contributed by atoms with van der Waals surface area (Å²) in [5.74, 6) is 1.60. The van der Waals surface area contributed by atoms with E-state index in [1.165, 1.54) is 11.4 Å². The Morgan fingerprint density at radius 1 is 1.06 bits per heavy atom. The zero-order valence-electron chi connectivity index (χ0n) is 20.2. The molecule has 186 valence electrons. The van der Waals surface area contributed by atoms with Gasteiger partial charge in [-0.2, -0.15) is 4.31 Å². The number of benzene rings is 2. The number of rotatable bonds is 10. The van der Waals surface area contributed by atoms with Crippen LogP contribution >= 0.6 is 0 Å². The van der Waals surface area contributed by atoms with Crippen LogP contribution in [0.2, 0.25) is 0 Å². The molecule has 0 bridgehead atoms. The van der Waals surface area contributed by atoms with Gasteiger partial charge in [0.25, 0.3) is 0 Å². The van der Waals surface area contributed by atoms with E-state index in [4.69, 9.17) is 14.2 Å². The maximum Gasteiger partial charge on any atom is 0.243 e. The van der Waals surface area contributed by atoms with Crippen LogP contribution in [-0.2, 0) is 14.8 Å². The van der Waals surface area contributed by atoms with Crippen molar-refractivity contribution in [3.63, 3.8) is 0 Å². The minimum atomic E-state index is -3.60. The van der Waals surface area contributed by atoms with Crippen molar-refractivity contribution in [3.05, 3.63) is 48.0 Å². The molecule has 2 aromatic carbocycles. The van der Waals surface area contributed by atoms with Crippen LogP contribution in [0.4, 0.5) is 0 Å². The monoisotopic (exact) mass is 490 g/mol. The average molecular weight is 491 g/mol. The van der Waals surface area contributed by atoms with Gasteiger partial charge in [-0.05, 0) is 68.1 Å². The fourth-order valence-electron chi connectivity index (χ4n) is 3.95. The third-order valence-corrected chi connectivity index (χ3v) is 7.94. The van der Waals surface area contributed by atoms with E-state index in [-0.39, 0.29) is 22.8 Å². The SMILES string of the molecule is CCCOc1ccc(C(C)NC(=O)C2CCN(S(=O)(=O)c3ccc(OC)cc3)CC2)cc1OC. The Labute approximate surface area is 202 Å². The Morgan fingerprint density at radius 2 is 1.74 bits per heavy atom. The second kappa shape index (κ2) is 11.6. The summed E-state index contributed by atoms with van der Waals surface area (Å²) in [7, 11) is -0.473. The van der Waals surface area contributed by atoms with E-state index >= 15 is 0 Å². The van der Waals surface area contributed by atoms with Crippen molar-refractivity contribution in [1.82, 2.24) is 9.62 Å². The molecule has 8 nitrogen and oxygen atoms in total. The summed E-state index contributed by atoms with van der Waals surface area (Å²) in [6.07, 6.45) is 1.85. The van der Waals surface area contributed by atoms with Crippen LogP contribution in [0, 0.1) is 5.92 Å². The van der Waals surface area contributed by atoms with Gasteiger partial charge < -0.3 is 19.5 Å². The van der Waals surface area contributed by atoms with E-state index in [1.807, 2.05) is 32.0 Å². The first-order valence-corrected chi connectivity index (χ1v) is 13.0. The molecule has 1 heterocycles. The molecule has 0 saturated carbocycles. The molecule has 0 spiro atoms. The minimum Gasteiger partial charge on any atom is -0.497 e. The second-order valence-electron chi connectivity index (χ2n) is 8.34. The summed E-state index contributed by atoms with van der Waals surface area (Å²) in [5.41, 5.74) is 0.911. The first-order valence-electron chi connectivity index (χ1n) is 11.6. The zero-order valence-corrected chi connectivity index (χ0v) is 21.1. The fourth-order valence-corrected chi connectivity index (χ4v) is 5.42. The Morgan fingerprint density at radius 3 is 2.32 bits per heavy atom. The van der Waals surface area contributed by atoms with E-state index in [0.29, 0.717) is 49.8 Å². The molecule has 1 unspecified atom stereocenters. The molecule has 2 aromatic rings. The highest BCUT2D eigenvalue weighted by molar-refractivity contribution is 7.89. The molecule has 1 atom stereocenters. The fraction of sp³-hybridized carbons (Fsp3) is 0.480. The summed E-state index contributed by atoms with van der Waals surface area (Å²) in [6, 6.07) is 11.8. The molecule has 1 saturated heterocycles. The third kappa shape index (κ3) is 6.01. The van der Waals surface area contributed by atoms with Crippen molar-refractivity contribution in [2.75, 3.05) is 33.9 Å². The summed E-state index contributed by atoms with van der Waals surface area (Å²) < 4.78 is 43.6. The first kappa shape index (κ1) is 25.8. The van der Waals surface area contributed by atoms with Crippen molar-refractivity contribution in [1.29, 1.82) is 0 Å². The molecular weight excluding hydrogens is 456 g/mol. The lowest BCUT2D eigenvalue weighted by molar-refractivity contribution is -0.126. The maximum atomic E-state index is 12.9. The summed E-state index contributed by atoms with van der Waals surface area (Å²) in [4.78, 5) is 13.1. The van der Waals surface area contributed by atoms with Gasteiger partial charge in [0.05, 0.1) is 31.8 Å². The maximum absolute atomic E-state index is 12.9. The average Bonchev–Trinajstić information content (AvgIpc) is 2.87. The van der Waals surface area contributed by atoms with Crippen molar-refractivity contribution in [2.24, 2.45) is 5.92 Å². The molecule has 3 rings (SSSR count). The summed E-state index contributed by atoms with van der Waals surface area (Å²) in [5, 5.41) is 3.06. The van der Waals surface area contributed by atoms with Gasteiger partial charge in [-0.25, -0.2) is 8.42 Å². The van der Waals surface area contributed by atoms with Crippen LogP contribution < -0.4 is 19.5 Å². The number of carbonyl (C=O) groups excluding carboxylic acids is 1. The molecule has 0 aliphatic carbocycles. The van der Waals surface area contributed by atoms with Gasteiger partial charge in [-0.3, -0.25) is 4.79 Å². The third-order valence-electron chi connectivity index (χ3n) is 6.03. The second-order valence-corrected chi connectivity index (χ2v) is 10.3. The normalized spacial score (nSPS) is 16.0. The topological polar surface area (TPSA) is 94.2 Å². The van der Waals surface area contributed by atoms with Crippen LogP contribution in [0.1, 0.15) is 44.7 Å². The lowest BCUT2D eigenvalue weighted by Crippen LogP contribution is -2.43. The molecule has 0 aromatic heterocycles. The molecule has 9 heteroatoms. The van der Waals surface area contributed by atoms with E-state index < -0.39 is 10.0 Å². The Kier molecular flexibility index (Phi) is 8.79. The van der Waals surface area contributed by atoms with Crippen molar-refractivity contribution in [2.45, 2.75) is 44.0 Å². The van der Waals surface area contributed by atoms with E-state index in [1.54, 1.807) is 31.4 Å². The molecule has 1 amide bonds. The van der Waals surface area contributed by atoms with Gasteiger partial charge in [0.15, 0.2) is 11.5 Å². The number of nitrogens with zero attached hydrogens (tertiary/aromatic N) is 1. The standard InChI is InChI=1S/C25H34N2O6S/c1-5-16-33-23-11-6-20(17-24(23)32-4)18(2)26-25(28)19-12-14-27(15-13-19)34(29,30)22-9-7-21(31-3)8-10-22/h6-11,17-19H,5,12-16H2,1-4H3,(H,26,28). The number of carbonyl (C=O) groups is 1. The zero-order chi connectivity index (χ0) is 24.7. The summed E-state index contributed by atoms with van der Waals surface area (Å²) in [6.45, 7) is 5.17. The van der Waals surface area contributed by atoms with Crippen LogP contribution in [0.5, 0.6) is 17.2 Å². The number of ether oxygens (including phenoxy) is 3. The number of hydrogen-bond acceptors (Lipinski definition) is 6. The van der Waals surface area contributed by atoms with Crippen molar-refractivity contribution >= 4 is 15.9 Å². The lowest BCUT2D eigenvalue weighted by atomic mass is 9.96. The van der Waals surface area contributed by atoms with Gasteiger partial charge in [-0.15, -0.1) is 0 Å². The predicted octanol–water partition coefficient (Wildman–Crippen LogP) is 3.77. The van der Waals surface area contributed by atoms with E-state index in [0.717, 1.165) is 12.0 Å². The number of hydrogen-bond donors (Lipinski definition) is 1. The Balaban J connectivity index is 1.58. The van der Waals surface area contributed by atoms with Crippen LogP contribution in [0.3, 0.4) is 0 Å². The van der Waals surface area contributed by atoms with Gasteiger partial charge in [0.2, 0.25) is 15.9 Å². The number of methoxy groups -OCH3 is 2. The van der Waals surface area contributed by atoms with E-state index in [2.05, 4.69) is 5.32 Å². The molecular formula is C25H34N2O6S. The molecule has 1 aliphatic heterocycles. The minimum absolute atomic E-state index is 0.0701. The quantitative estimate of drug-likeness (QED) is 0.545. The number of amides is 1. The van der Waals surface area contributed by atoms with Gasteiger partial charge in [0, 0.05) is 19.0 Å². The molecule has 1 N–H and O–H groups in total. The van der Waals surface area contributed by atoms with Crippen LogP contribution in [0.15, 0.2) is 47.4 Å². The van der Waals surface area contributed by atoms with E-state index in [9.17, 15) is 13.2 Å². The van der Waals surface area contributed by atoms with Gasteiger partial charge in [0.1, 0.15) is 5.75 Å². The lowest BCUT2D eigenvalue weighted by Gasteiger charge is -2.31. The van der Waals surface area contributed by atoms with Crippen molar-refractivity contribution in [3.8, 4) is 17.2 Å². The molecule has 0 radical (unpaired) electrons. The smallest absolute Gasteiger partial charge is 0.243 e. The number of piperidine rings is 1. The van der Waals surface area contributed by atoms with Crippen LogP contribution in [-0.4, -0.2) is 52.5 Å². The largest absolute Gasteiger partial charge is 0.497 e.